The Labute approximate surface area is 88.5 Å². The average molecular weight is 211 g/mol. The zero-order valence-electron chi connectivity index (χ0n) is 8.82. The van der Waals surface area contributed by atoms with Gasteiger partial charge in [-0.2, -0.15) is 0 Å². The van der Waals surface area contributed by atoms with E-state index >= 15 is 0 Å². The zero-order valence-corrected chi connectivity index (χ0v) is 8.82. The molecule has 1 saturated heterocycles. The van der Waals surface area contributed by atoms with Gasteiger partial charge in [0.1, 0.15) is 11.6 Å². The highest BCUT2D eigenvalue weighted by Crippen LogP contribution is 2.27. The summed E-state index contributed by atoms with van der Waals surface area (Å²) in [4.78, 5) is 0. The first-order valence-electron chi connectivity index (χ1n) is 5.34. The van der Waals surface area contributed by atoms with Crippen LogP contribution in [0.1, 0.15) is 29.9 Å². The van der Waals surface area contributed by atoms with Crippen LogP contribution in [0.15, 0.2) is 12.1 Å². The maximum absolute atomic E-state index is 13.5. The van der Waals surface area contributed by atoms with Gasteiger partial charge in [0.05, 0.1) is 0 Å². The van der Waals surface area contributed by atoms with Crippen molar-refractivity contribution in [1.29, 1.82) is 0 Å². The Morgan fingerprint density at radius 2 is 2.07 bits per heavy atom. The Hall–Kier alpha value is -0.960. The van der Waals surface area contributed by atoms with Gasteiger partial charge in [-0.3, -0.25) is 0 Å². The molecule has 0 saturated carbocycles. The molecule has 1 unspecified atom stereocenters. The van der Waals surface area contributed by atoms with Crippen molar-refractivity contribution in [2.45, 2.75) is 25.7 Å². The topological polar surface area (TPSA) is 12.0 Å². The van der Waals surface area contributed by atoms with Crippen molar-refractivity contribution < 1.29 is 8.78 Å². The van der Waals surface area contributed by atoms with E-state index in [1.165, 1.54) is 0 Å². The van der Waals surface area contributed by atoms with Gasteiger partial charge in [0.15, 0.2) is 0 Å². The SMILES string of the molecule is Cc1cc(C2CCCNC2)c(F)cc1F. The number of hydrogen-bond donors (Lipinski definition) is 1. The quantitative estimate of drug-likeness (QED) is 0.753. The standard InChI is InChI=1S/C12H15F2N/c1-8-5-10(12(14)6-11(8)13)9-3-2-4-15-7-9/h5-6,9,15H,2-4,7H2,1H3. The van der Waals surface area contributed by atoms with Gasteiger partial charge in [-0.15, -0.1) is 0 Å². The summed E-state index contributed by atoms with van der Waals surface area (Å²) >= 11 is 0. The maximum atomic E-state index is 13.5. The fourth-order valence-corrected chi connectivity index (χ4v) is 2.11. The highest BCUT2D eigenvalue weighted by atomic mass is 19.1. The number of halogens is 2. The van der Waals surface area contributed by atoms with Crippen LogP contribution in [0.2, 0.25) is 0 Å². The van der Waals surface area contributed by atoms with E-state index in [9.17, 15) is 8.78 Å². The molecule has 0 aliphatic carbocycles. The molecule has 1 aliphatic rings. The van der Waals surface area contributed by atoms with Crippen molar-refractivity contribution in [3.63, 3.8) is 0 Å². The minimum Gasteiger partial charge on any atom is -0.316 e. The van der Waals surface area contributed by atoms with Crippen LogP contribution in [0.3, 0.4) is 0 Å². The molecule has 1 atom stereocenters. The predicted octanol–water partition coefficient (Wildman–Crippen LogP) is 2.74. The first-order chi connectivity index (χ1) is 7.18. The van der Waals surface area contributed by atoms with E-state index in [-0.39, 0.29) is 5.92 Å². The van der Waals surface area contributed by atoms with E-state index in [0.29, 0.717) is 11.1 Å². The van der Waals surface area contributed by atoms with Crippen LogP contribution < -0.4 is 5.32 Å². The van der Waals surface area contributed by atoms with Gasteiger partial charge in [-0.25, -0.2) is 8.78 Å². The third kappa shape index (κ3) is 2.17. The Bertz CT molecular complexity index is 357. The van der Waals surface area contributed by atoms with Crippen LogP contribution in [0.25, 0.3) is 0 Å². The van der Waals surface area contributed by atoms with Crippen LogP contribution in [0, 0.1) is 18.6 Å². The minimum absolute atomic E-state index is 0.193. The van der Waals surface area contributed by atoms with Gasteiger partial charge in [0.2, 0.25) is 0 Å². The molecule has 1 nitrogen and oxygen atoms in total. The maximum Gasteiger partial charge on any atom is 0.129 e. The lowest BCUT2D eigenvalue weighted by molar-refractivity contribution is 0.444. The molecule has 1 fully saturated rings. The summed E-state index contributed by atoms with van der Waals surface area (Å²) < 4.78 is 26.6. The molecular weight excluding hydrogens is 196 g/mol. The van der Waals surface area contributed by atoms with Crippen LogP contribution in [-0.2, 0) is 0 Å². The second-order valence-corrected chi connectivity index (χ2v) is 4.17. The smallest absolute Gasteiger partial charge is 0.129 e. The van der Waals surface area contributed by atoms with Gasteiger partial charge >= 0.3 is 0 Å². The molecule has 0 aromatic heterocycles. The fraction of sp³-hybridized carbons (Fsp3) is 0.500. The number of benzene rings is 1. The van der Waals surface area contributed by atoms with E-state index in [1.54, 1.807) is 13.0 Å². The number of hydrogen-bond acceptors (Lipinski definition) is 1. The van der Waals surface area contributed by atoms with Crippen LogP contribution >= 0.6 is 0 Å². The van der Waals surface area contributed by atoms with E-state index in [0.717, 1.165) is 32.0 Å². The molecular formula is C12H15F2N. The Kier molecular flexibility index (Phi) is 3.00. The van der Waals surface area contributed by atoms with Crippen LogP contribution in [0.5, 0.6) is 0 Å². The number of piperidine rings is 1. The Balaban J connectivity index is 2.30. The summed E-state index contributed by atoms with van der Waals surface area (Å²) in [5.74, 6) is -0.676. The van der Waals surface area contributed by atoms with Gasteiger partial charge < -0.3 is 5.32 Å². The highest BCUT2D eigenvalue weighted by molar-refractivity contribution is 5.29. The van der Waals surface area contributed by atoms with E-state index in [1.807, 2.05) is 0 Å². The molecule has 15 heavy (non-hydrogen) atoms. The highest BCUT2D eigenvalue weighted by Gasteiger charge is 2.19. The van der Waals surface area contributed by atoms with E-state index in [2.05, 4.69) is 5.32 Å². The van der Waals surface area contributed by atoms with Crippen molar-refractivity contribution in [1.82, 2.24) is 5.32 Å². The molecule has 1 N–H and O–H groups in total. The number of rotatable bonds is 1. The monoisotopic (exact) mass is 211 g/mol. The molecule has 3 heteroatoms. The minimum atomic E-state index is -0.458. The van der Waals surface area contributed by atoms with Crippen molar-refractivity contribution in [2.24, 2.45) is 0 Å². The average Bonchev–Trinajstić information content (AvgIpc) is 2.25. The molecule has 1 heterocycles. The van der Waals surface area contributed by atoms with Crippen LogP contribution in [0.4, 0.5) is 8.78 Å². The van der Waals surface area contributed by atoms with Crippen molar-refractivity contribution in [3.8, 4) is 0 Å². The van der Waals surface area contributed by atoms with Crippen molar-refractivity contribution >= 4 is 0 Å². The van der Waals surface area contributed by atoms with Gasteiger partial charge in [0, 0.05) is 12.6 Å². The van der Waals surface area contributed by atoms with Crippen LogP contribution in [-0.4, -0.2) is 13.1 Å². The summed E-state index contributed by atoms with van der Waals surface area (Å²) in [6.45, 7) is 3.47. The second-order valence-electron chi connectivity index (χ2n) is 4.17. The molecule has 1 aromatic rings. The second kappa shape index (κ2) is 4.27. The summed E-state index contributed by atoms with van der Waals surface area (Å²) in [5.41, 5.74) is 1.18. The van der Waals surface area contributed by atoms with E-state index < -0.39 is 11.6 Å². The summed E-state index contributed by atoms with van der Waals surface area (Å²) in [7, 11) is 0. The molecule has 0 spiro atoms. The molecule has 1 aromatic carbocycles. The van der Waals surface area contributed by atoms with Gasteiger partial charge in [-0.1, -0.05) is 0 Å². The molecule has 0 amide bonds. The largest absolute Gasteiger partial charge is 0.316 e. The van der Waals surface area contributed by atoms with Gasteiger partial charge in [-0.05, 0) is 49.4 Å². The fourth-order valence-electron chi connectivity index (χ4n) is 2.11. The summed E-state index contributed by atoms with van der Waals surface area (Å²) in [5, 5.41) is 3.23. The van der Waals surface area contributed by atoms with Crippen molar-refractivity contribution in [2.75, 3.05) is 13.1 Å². The first kappa shape index (κ1) is 10.6. The lowest BCUT2D eigenvalue weighted by Crippen LogP contribution is -2.28. The summed E-state index contributed by atoms with van der Waals surface area (Å²) in [6, 6.07) is 2.64. The third-order valence-corrected chi connectivity index (χ3v) is 3.01. The summed E-state index contributed by atoms with van der Waals surface area (Å²) in [6.07, 6.45) is 2.04. The first-order valence-corrected chi connectivity index (χ1v) is 5.34. The van der Waals surface area contributed by atoms with E-state index in [4.69, 9.17) is 0 Å². The number of aryl methyl sites for hydroxylation is 1. The Morgan fingerprint density at radius 1 is 1.27 bits per heavy atom. The normalized spacial score (nSPS) is 21.7. The third-order valence-electron chi connectivity index (χ3n) is 3.01. The molecule has 1 aliphatic heterocycles. The van der Waals surface area contributed by atoms with Gasteiger partial charge in [0.25, 0.3) is 0 Å². The zero-order chi connectivity index (χ0) is 10.8. The van der Waals surface area contributed by atoms with Crippen molar-refractivity contribution in [3.05, 3.63) is 34.9 Å². The molecule has 0 radical (unpaired) electrons. The predicted molar refractivity (Wildman–Crippen MR) is 55.9 cm³/mol. The molecule has 0 bridgehead atoms. The number of nitrogens with one attached hydrogen (secondary N) is 1. The molecule has 82 valence electrons. The lowest BCUT2D eigenvalue weighted by Gasteiger charge is -2.23. The Morgan fingerprint density at radius 3 is 2.73 bits per heavy atom. The molecule has 2 rings (SSSR count). The lowest BCUT2D eigenvalue weighted by atomic mass is 9.90.